The second-order valence-electron chi connectivity index (χ2n) is 11.8. The molecule has 14 heteroatoms. The summed E-state index contributed by atoms with van der Waals surface area (Å²) in [4.78, 5) is 31.9. The number of carbonyl (C=O) groups excluding carboxylic acids is 2. The van der Waals surface area contributed by atoms with Crippen LogP contribution in [0.1, 0.15) is 29.2 Å². The first-order chi connectivity index (χ1) is 24.0. The van der Waals surface area contributed by atoms with Crippen molar-refractivity contribution in [3.63, 3.8) is 0 Å². The Morgan fingerprint density at radius 3 is 2.04 bits per heavy atom. The number of nitrogens with one attached hydrogen (secondary N) is 1. The van der Waals surface area contributed by atoms with E-state index < -0.39 is 47.2 Å². The van der Waals surface area contributed by atoms with Gasteiger partial charge < -0.3 is 36.5 Å². The fourth-order valence-corrected chi connectivity index (χ4v) is 5.74. The summed E-state index contributed by atoms with van der Waals surface area (Å²) in [5.41, 5.74) is 15.4. The SMILES string of the molecule is NC(=O)CC(NC(=O)[C@@H](N)Cc1ccc(F)c(F)c1)c1ccc2c(c1)nc(-c1ccc(N(CCO)CCO)cc1)n2Cc1ccc(F)c(F)c1. The quantitative estimate of drug-likeness (QED) is 0.105. The number of aliphatic hydroxyl groups is 2. The molecule has 0 spiro atoms. The molecule has 5 aromatic rings. The van der Waals surface area contributed by atoms with Crippen molar-refractivity contribution in [2.24, 2.45) is 11.5 Å². The number of imidazole rings is 1. The van der Waals surface area contributed by atoms with Gasteiger partial charge in [0.15, 0.2) is 23.3 Å². The Hall–Kier alpha value is -5.31. The number of anilines is 1. The Labute approximate surface area is 285 Å². The Balaban J connectivity index is 1.50. The Bertz CT molecular complexity index is 1980. The lowest BCUT2D eigenvalue weighted by Crippen LogP contribution is -2.44. The summed E-state index contributed by atoms with van der Waals surface area (Å²) in [6.45, 7) is 0.536. The first-order valence-electron chi connectivity index (χ1n) is 15.8. The molecule has 0 aliphatic heterocycles. The molecule has 0 bridgehead atoms. The van der Waals surface area contributed by atoms with Crippen molar-refractivity contribution in [1.29, 1.82) is 0 Å². The number of amides is 2. The fraction of sp³-hybridized carbons (Fsp3) is 0.250. The average Bonchev–Trinajstić information content (AvgIpc) is 3.44. The number of hydrogen-bond acceptors (Lipinski definition) is 7. The minimum Gasteiger partial charge on any atom is -0.395 e. The van der Waals surface area contributed by atoms with E-state index in [9.17, 15) is 37.4 Å². The summed E-state index contributed by atoms with van der Waals surface area (Å²) in [5.74, 6) is -4.95. The molecule has 1 aromatic heterocycles. The molecule has 0 aliphatic rings. The lowest BCUT2D eigenvalue weighted by Gasteiger charge is -2.23. The number of hydrogen-bond donors (Lipinski definition) is 5. The Morgan fingerprint density at radius 1 is 0.820 bits per heavy atom. The highest BCUT2D eigenvalue weighted by molar-refractivity contribution is 5.85. The van der Waals surface area contributed by atoms with Crippen molar-refractivity contribution in [1.82, 2.24) is 14.9 Å². The molecule has 1 unspecified atom stereocenters. The van der Waals surface area contributed by atoms with Crippen molar-refractivity contribution in [3.05, 3.63) is 119 Å². The molecule has 5 rings (SSSR count). The molecule has 10 nitrogen and oxygen atoms in total. The van der Waals surface area contributed by atoms with Crippen LogP contribution in [0, 0.1) is 23.3 Å². The van der Waals surface area contributed by atoms with Crippen LogP contribution in [-0.2, 0) is 22.6 Å². The van der Waals surface area contributed by atoms with E-state index in [-0.39, 0.29) is 32.6 Å². The van der Waals surface area contributed by atoms with Crippen molar-refractivity contribution >= 4 is 28.5 Å². The number of aliphatic hydroxyl groups excluding tert-OH is 2. The molecule has 7 N–H and O–H groups in total. The summed E-state index contributed by atoms with van der Waals surface area (Å²) in [5, 5.41) is 21.6. The van der Waals surface area contributed by atoms with E-state index in [1.54, 1.807) is 18.2 Å². The molecule has 50 heavy (non-hydrogen) atoms. The van der Waals surface area contributed by atoms with E-state index in [0.29, 0.717) is 52.2 Å². The molecule has 2 atom stereocenters. The van der Waals surface area contributed by atoms with Crippen LogP contribution < -0.4 is 21.7 Å². The maximum absolute atomic E-state index is 14.2. The van der Waals surface area contributed by atoms with E-state index >= 15 is 0 Å². The van der Waals surface area contributed by atoms with Gasteiger partial charge in [-0.15, -0.1) is 0 Å². The van der Waals surface area contributed by atoms with Gasteiger partial charge in [-0.05, 0) is 83.8 Å². The number of halogens is 4. The largest absolute Gasteiger partial charge is 0.395 e. The number of benzene rings is 4. The Morgan fingerprint density at radius 2 is 1.44 bits per heavy atom. The number of carbonyl (C=O) groups is 2. The zero-order chi connectivity index (χ0) is 35.9. The smallest absolute Gasteiger partial charge is 0.237 e. The topological polar surface area (TPSA) is 160 Å². The van der Waals surface area contributed by atoms with Crippen LogP contribution in [0.3, 0.4) is 0 Å². The van der Waals surface area contributed by atoms with E-state index in [0.717, 1.165) is 30.0 Å². The van der Waals surface area contributed by atoms with Gasteiger partial charge in [0, 0.05) is 30.9 Å². The monoisotopic (exact) mass is 692 g/mol. The molecular weight excluding hydrogens is 656 g/mol. The second kappa shape index (κ2) is 15.9. The van der Waals surface area contributed by atoms with Crippen LogP contribution in [0.2, 0.25) is 0 Å². The standard InChI is InChI=1S/C36H36F4N6O4/c37-26-8-1-21(15-28(26)39)17-30(41)36(50)44-31(19-34(42)49)24-5-10-33-32(18-24)43-35(46(33)20-22-2-9-27(38)29(40)16-22)23-3-6-25(7-4-23)45(11-13-47)12-14-48/h1-10,15-16,18,30-31,47-48H,11-14,17,19-20,41H2,(H2,42,49)(H,44,50)/t30-,31?/m0/s1. The third-order valence-corrected chi connectivity index (χ3v) is 8.23. The van der Waals surface area contributed by atoms with Gasteiger partial charge in [0.1, 0.15) is 5.82 Å². The Kier molecular flexibility index (Phi) is 11.5. The van der Waals surface area contributed by atoms with Gasteiger partial charge in [-0.1, -0.05) is 18.2 Å². The lowest BCUT2D eigenvalue weighted by molar-refractivity contribution is -0.123. The van der Waals surface area contributed by atoms with Crippen LogP contribution in [0.5, 0.6) is 0 Å². The number of rotatable bonds is 15. The van der Waals surface area contributed by atoms with Crippen LogP contribution in [0.25, 0.3) is 22.4 Å². The molecule has 2 amide bonds. The van der Waals surface area contributed by atoms with Crippen LogP contribution in [-0.4, -0.2) is 63.9 Å². The van der Waals surface area contributed by atoms with Gasteiger partial charge in [-0.25, -0.2) is 22.5 Å². The zero-order valence-electron chi connectivity index (χ0n) is 26.8. The minimum absolute atomic E-state index is 0.0976. The third-order valence-electron chi connectivity index (χ3n) is 8.23. The fourth-order valence-electron chi connectivity index (χ4n) is 5.74. The highest BCUT2D eigenvalue weighted by atomic mass is 19.2. The first kappa shape index (κ1) is 36.0. The van der Waals surface area contributed by atoms with Crippen molar-refractivity contribution < 1.29 is 37.4 Å². The summed E-state index contributed by atoms with van der Waals surface area (Å²) in [6.07, 6.45) is -0.378. The minimum atomic E-state index is -1.16. The summed E-state index contributed by atoms with van der Waals surface area (Å²) >= 11 is 0. The van der Waals surface area contributed by atoms with E-state index in [4.69, 9.17) is 16.5 Å². The van der Waals surface area contributed by atoms with Gasteiger partial charge in [0.2, 0.25) is 11.8 Å². The van der Waals surface area contributed by atoms with Crippen LogP contribution >= 0.6 is 0 Å². The molecule has 0 fully saturated rings. The van der Waals surface area contributed by atoms with Crippen molar-refractivity contribution in [2.45, 2.75) is 31.5 Å². The highest BCUT2D eigenvalue weighted by Crippen LogP contribution is 2.30. The maximum Gasteiger partial charge on any atom is 0.237 e. The van der Waals surface area contributed by atoms with Crippen molar-refractivity contribution in [2.75, 3.05) is 31.2 Å². The maximum atomic E-state index is 14.2. The van der Waals surface area contributed by atoms with E-state index in [1.165, 1.54) is 12.1 Å². The molecule has 0 saturated carbocycles. The third kappa shape index (κ3) is 8.45. The molecule has 262 valence electrons. The van der Waals surface area contributed by atoms with E-state index in [2.05, 4.69) is 5.32 Å². The number of nitrogens with two attached hydrogens (primary N) is 2. The highest BCUT2D eigenvalue weighted by Gasteiger charge is 2.24. The predicted octanol–water partition coefficient (Wildman–Crippen LogP) is 3.70. The number of aromatic nitrogens is 2. The van der Waals surface area contributed by atoms with Gasteiger partial charge in [-0.3, -0.25) is 9.59 Å². The normalized spacial score (nSPS) is 12.5. The zero-order valence-corrected chi connectivity index (χ0v) is 26.8. The first-order valence-corrected chi connectivity index (χ1v) is 15.8. The van der Waals surface area contributed by atoms with E-state index in [1.807, 2.05) is 33.7 Å². The van der Waals surface area contributed by atoms with Gasteiger partial charge >= 0.3 is 0 Å². The lowest BCUT2D eigenvalue weighted by atomic mass is 10.0. The molecule has 0 aliphatic carbocycles. The molecule has 0 radical (unpaired) electrons. The molecule has 4 aromatic carbocycles. The second-order valence-corrected chi connectivity index (χ2v) is 11.8. The molecule has 0 saturated heterocycles. The summed E-state index contributed by atoms with van der Waals surface area (Å²) < 4.78 is 56.8. The van der Waals surface area contributed by atoms with Crippen LogP contribution in [0.15, 0.2) is 78.9 Å². The molecular formula is C36H36F4N6O4. The number of fused-ring (bicyclic) bond motifs is 1. The number of nitrogens with zero attached hydrogens (tertiary/aromatic N) is 3. The summed E-state index contributed by atoms with van der Waals surface area (Å²) in [6, 6.07) is 17.1. The van der Waals surface area contributed by atoms with Gasteiger partial charge in [0.05, 0.1) is 42.8 Å². The number of primary amides is 1. The van der Waals surface area contributed by atoms with Crippen molar-refractivity contribution in [3.8, 4) is 11.4 Å². The van der Waals surface area contributed by atoms with Gasteiger partial charge in [0.25, 0.3) is 0 Å². The summed E-state index contributed by atoms with van der Waals surface area (Å²) in [7, 11) is 0. The predicted molar refractivity (Wildman–Crippen MR) is 180 cm³/mol. The average molecular weight is 693 g/mol. The molecule has 1 heterocycles. The van der Waals surface area contributed by atoms with Gasteiger partial charge in [-0.2, -0.15) is 0 Å². The van der Waals surface area contributed by atoms with Crippen LogP contribution in [0.4, 0.5) is 23.2 Å².